The van der Waals surface area contributed by atoms with Gasteiger partial charge in [0.05, 0.1) is 15.1 Å². The minimum Gasteiger partial charge on any atom is -0.321 e. The summed E-state index contributed by atoms with van der Waals surface area (Å²) in [6.45, 7) is 2.05. The number of aryl methyl sites for hydroxylation is 1. The molecule has 28 heavy (non-hydrogen) atoms. The molecule has 9 heteroatoms. The van der Waals surface area contributed by atoms with Crippen LogP contribution in [0.1, 0.15) is 15.2 Å². The average molecular weight is 430 g/mol. The van der Waals surface area contributed by atoms with Crippen LogP contribution >= 0.6 is 34.3 Å². The Kier molecular flexibility index (Phi) is 4.84. The molecule has 2 heterocycles. The van der Waals surface area contributed by atoms with E-state index >= 15 is 0 Å². The lowest BCUT2D eigenvalue weighted by molar-refractivity contribution is -0.384. The normalized spacial score (nSPS) is 10.9. The second kappa shape index (κ2) is 7.31. The van der Waals surface area contributed by atoms with Gasteiger partial charge < -0.3 is 5.32 Å². The van der Waals surface area contributed by atoms with Gasteiger partial charge in [-0.05, 0) is 48.9 Å². The van der Waals surface area contributed by atoms with E-state index in [2.05, 4.69) is 16.4 Å². The van der Waals surface area contributed by atoms with Crippen molar-refractivity contribution >= 4 is 61.8 Å². The number of carbonyl (C=O) groups excluding carboxylic acids is 1. The molecule has 1 N–H and O–H groups in total. The zero-order chi connectivity index (χ0) is 19.8. The molecule has 4 aromatic rings. The molecular weight excluding hydrogens is 418 g/mol. The third-order valence-corrected chi connectivity index (χ3v) is 6.43. The molecule has 4 rings (SSSR count). The molecule has 0 unspecified atom stereocenters. The van der Waals surface area contributed by atoms with Crippen LogP contribution in [0.2, 0.25) is 4.34 Å². The van der Waals surface area contributed by atoms with E-state index in [0.29, 0.717) is 5.69 Å². The summed E-state index contributed by atoms with van der Waals surface area (Å²) >= 11 is 8.30. The van der Waals surface area contributed by atoms with E-state index in [9.17, 15) is 14.9 Å². The standard InChI is InChI=1S/C19H12ClN3O3S2/c1-10-2-7-13-15(8-10)28-19(22-13)11-3-5-12(6-4-11)21-18(24)16-9-14(23(25)26)17(20)27-16/h2-9H,1H3,(H,21,24). The molecule has 2 aromatic heterocycles. The summed E-state index contributed by atoms with van der Waals surface area (Å²) < 4.78 is 1.11. The molecular formula is C19H12ClN3O3S2. The molecule has 0 radical (unpaired) electrons. The number of amides is 1. The van der Waals surface area contributed by atoms with E-state index in [4.69, 9.17) is 11.6 Å². The lowest BCUT2D eigenvalue weighted by Crippen LogP contribution is -2.09. The number of thiazole rings is 1. The van der Waals surface area contributed by atoms with Crippen molar-refractivity contribution in [1.82, 2.24) is 4.98 Å². The van der Waals surface area contributed by atoms with Crippen molar-refractivity contribution in [3.8, 4) is 10.6 Å². The highest BCUT2D eigenvalue weighted by atomic mass is 35.5. The molecule has 0 aliphatic rings. The zero-order valence-corrected chi connectivity index (χ0v) is 16.8. The third-order valence-electron chi connectivity index (χ3n) is 4.02. The number of nitrogens with zero attached hydrogens (tertiary/aromatic N) is 2. The van der Waals surface area contributed by atoms with Crippen molar-refractivity contribution in [2.24, 2.45) is 0 Å². The number of aromatic nitrogens is 1. The molecule has 0 saturated heterocycles. The van der Waals surface area contributed by atoms with E-state index < -0.39 is 10.8 Å². The molecule has 0 aliphatic carbocycles. The van der Waals surface area contributed by atoms with E-state index in [1.807, 2.05) is 31.2 Å². The third kappa shape index (κ3) is 3.62. The summed E-state index contributed by atoms with van der Waals surface area (Å²) in [4.78, 5) is 27.4. The van der Waals surface area contributed by atoms with Crippen LogP contribution in [0.25, 0.3) is 20.8 Å². The van der Waals surface area contributed by atoms with Crippen LogP contribution in [0, 0.1) is 17.0 Å². The van der Waals surface area contributed by atoms with Gasteiger partial charge in [-0.2, -0.15) is 0 Å². The number of hydrogen-bond acceptors (Lipinski definition) is 6. The van der Waals surface area contributed by atoms with Gasteiger partial charge in [-0.25, -0.2) is 4.98 Å². The Morgan fingerprint density at radius 2 is 1.89 bits per heavy atom. The fraction of sp³-hybridized carbons (Fsp3) is 0.0526. The van der Waals surface area contributed by atoms with Gasteiger partial charge in [0, 0.05) is 17.3 Å². The molecule has 140 valence electrons. The summed E-state index contributed by atoms with van der Waals surface area (Å²) in [6.07, 6.45) is 0. The van der Waals surface area contributed by atoms with Crippen molar-refractivity contribution < 1.29 is 9.72 Å². The molecule has 0 aliphatic heterocycles. The lowest BCUT2D eigenvalue weighted by atomic mass is 10.2. The fourth-order valence-corrected chi connectivity index (χ4v) is 4.83. The number of nitrogens with one attached hydrogen (secondary N) is 1. The Morgan fingerprint density at radius 3 is 2.57 bits per heavy atom. The topological polar surface area (TPSA) is 85.1 Å². The predicted octanol–water partition coefficient (Wildman–Crippen LogP) is 6.15. The highest BCUT2D eigenvalue weighted by Crippen LogP contribution is 2.34. The predicted molar refractivity (Wildman–Crippen MR) is 114 cm³/mol. The van der Waals surface area contributed by atoms with Crippen LogP contribution in [-0.2, 0) is 0 Å². The Bertz CT molecular complexity index is 1220. The monoisotopic (exact) mass is 429 g/mol. The number of carbonyl (C=O) groups is 1. The Hall–Kier alpha value is -2.81. The van der Waals surface area contributed by atoms with Crippen LogP contribution in [0.5, 0.6) is 0 Å². The Balaban J connectivity index is 1.53. The van der Waals surface area contributed by atoms with Crippen LogP contribution in [0.4, 0.5) is 11.4 Å². The van der Waals surface area contributed by atoms with Gasteiger partial charge in [-0.3, -0.25) is 14.9 Å². The summed E-state index contributed by atoms with van der Waals surface area (Å²) in [5.41, 5.74) is 3.41. The maximum absolute atomic E-state index is 12.3. The highest BCUT2D eigenvalue weighted by Gasteiger charge is 2.21. The van der Waals surface area contributed by atoms with Gasteiger partial charge in [-0.15, -0.1) is 22.7 Å². The first-order valence-electron chi connectivity index (χ1n) is 8.13. The molecule has 6 nitrogen and oxygen atoms in total. The Morgan fingerprint density at radius 1 is 1.14 bits per heavy atom. The first kappa shape index (κ1) is 18.5. The molecule has 0 saturated carbocycles. The second-order valence-corrected chi connectivity index (χ2v) is 8.73. The minimum atomic E-state index is -0.607. The number of rotatable bonds is 4. The number of thiophene rings is 1. The first-order chi connectivity index (χ1) is 13.4. The maximum atomic E-state index is 12.3. The Labute approximate surface area is 172 Å². The number of anilines is 1. The largest absolute Gasteiger partial charge is 0.321 e. The van der Waals surface area contributed by atoms with Crippen molar-refractivity contribution in [3.63, 3.8) is 0 Å². The van der Waals surface area contributed by atoms with Gasteiger partial charge in [0.1, 0.15) is 9.88 Å². The van der Waals surface area contributed by atoms with Crippen molar-refractivity contribution in [1.29, 1.82) is 0 Å². The highest BCUT2D eigenvalue weighted by molar-refractivity contribution is 7.21. The quantitative estimate of drug-likeness (QED) is 0.311. The maximum Gasteiger partial charge on any atom is 0.299 e. The van der Waals surface area contributed by atoms with E-state index in [1.165, 1.54) is 11.6 Å². The number of fused-ring (bicyclic) bond motifs is 1. The molecule has 0 fully saturated rings. The zero-order valence-electron chi connectivity index (χ0n) is 14.4. The van der Waals surface area contributed by atoms with Crippen LogP contribution in [-0.4, -0.2) is 15.8 Å². The number of hydrogen-bond donors (Lipinski definition) is 1. The smallest absolute Gasteiger partial charge is 0.299 e. The first-order valence-corrected chi connectivity index (χ1v) is 10.1. The number of halogens is 1. The van der Waals surface area contributed by atoms with Crippen molar-refractivity contribution in [2.45, 2.75) is 6.92 Å². The fourth-order valence-electron chi connectivity index (χ4n) is 2.64. The molecule has 1 amide bonds. The van der Waals surface area contributed by atoms with Crippen LogP contribution in [0.15, 0.2) is 48.5 Å². The number of benzene rings is 2. The van der Waals surface area contributed by atoms with Crippen LogP contribution in [0.3, 0.4) is 0 Å². The summed E-state index contributed by atoms with van der Waals surface area (Å²) in [7, 11) is 0. The van der Waals surface area contributed by atoms with Gasteiger partial charge in [0.15, 0.2) is 4.34 Å². The lowest BCUT2D eigenvalue weighted by Gasteiger charge is -2.04. The SMILES string of the molecule is Cc1ccc2nc(-c3ccc(NC(=O)c4cc([N+](=O)[O-])c(Cl)s4)cc3)sc2c1. The molecule has 0 bridgehead atoms. The summed E-state index contributed by atoms with van der Waals surface area (Å²) in [6, 6.07) is 14.6. The van der Waals surface area contributed by atoms with Gasteiger partial charge >= 0.3 is 0 Å². The average Bonchev–Trinajstić information content (AvgIpc) is 3.25. The van der Waals surface area contributed by atoms with Gasteiger partial charge in [0.25, 0.3) is 11.6 Å². The molecule has 0 atom stereocenters. The van der Waals surface area contributed by atoms with Crippen molar-refractivity contribution in [3.05, 3.63) is 73.4 Å². The molecule has 0 spiro atoms. The van der Waals surface area contributed by atoms with Crippen LogP contribution < -0.4 is 5.32 Å². The molecule has 2 aromatic carbocycles. The van der Waals surface area contributed by atoms with Gasteiger partial charge in [0.2, 0.25) is 0 Å². The van der Waals surface area contributed by atoms with Crippen molar-refractivity contribution in [2.75, 3.05) is 5.32 Å². The second-order valence-electron chi connectivity index (χ2n) is 6.05. The van der Waals surface area contributed by atoms with Gasteiger partial charge in [-0.1, -0.05) is 17.7 Å². The summed E-state index contributed by atoms with van der Waals surface area (Å²) in [5.74, 6) is -0.441. The van der Waals surface area contributed by atoms with E-state index in [0.717, 1.165) is 32.1 Å². The van der Waals surface area contributed by atoms with E-state index in [-0.39, 0.29) is 14.9 Å². The van der Waals surface area contributed by atoms with E-state index in [1.54, 1.807) is 23.5 Å². The minimum absolute atomic E-state index is 0.0171. The summed E-state index contributed by atoms with van der Waals surface area (Å²) in [5, 5.41) is 14.5. The number of nitro groups is 1.